The van der Waals surface area contributed by atoms with Gasteiger partial charge in [0, 0.05) is 6.42 Å². The number of nitrogens with zero attached hydrogens (tertiary/aromatic N) is 1. The molecule has 1 fully saturated rings. The van der Waals surface area contributed by atoms with Crippen molar-refractivity contribution in [3.8, 4) is 0 Å². The Bertz CT molecular complexity index is 360. The molecule has 1 heterocycles. The van der Waals surface area contributed by atoms with Crippen molar-refractivity contribution in [3.63, 3.8) is 0 Å². The van der Waals surface area contributed by atoms with Crippen LogP contribution in [0, 0.1) is 11.3 Å². The van der Waals surface area contributed by atoms with Gasteiger partial charge in [0.1, 0.15) is 5.78 Å². The molecule has 0 aromatic carbocycles. The fraction of sp³-hybridized carbons (Fsp3) is 0.800. The first kappa shape index (κ1) is 11.4. The van der Waals surface area contributed by atoms with E-state index in [1.54, 1.807) is 0 Å². The average molecular weight is 234 g/mol. The van der Waals surface area contributed by atoms with Crippen LogP contribution in [0.3, 0.4) is 0 Å². The van der Waals surface area contributed by atoms with E-state index in [9.17, 15) is 18.0 Å². The van der Waals surface area contributed by atoms with E-state index in [0.717, 1.165) is 0 Å². The first-order valence-electron chi connectivity index (χ1n) is 5.14. The zero-order chi connectivity index (χ0) is 12.1. The van der Waals surface area contributed by atoms with Crippen molar-refractivity contribution < 1.29 is 18.0 Å². The van der Waals surface area contributed by atoms with Crippen molar-refractivity contribution in [2.45, 2.75) is 38.9 Å². The Labute approximate surface area is 91.1 Å². The van der Waals surface area contributed by atoms with Crippen LogP contribution < -0.4 is 5.43 Å². The smallest absolute Gasteiger partial charge is 0.306 e. The van der Waals surface area contributed by atoms with Gasteiger partial charge < -0.3 is 5.43 Å². The topological polar surface area (TPSA) is 41.5 Å². The highest BCUT2D eigenvalue weighted by molar-refractivity contribution is 6.09. The lowest BCUT2D eigenvalue weighted by Crippen LogP contribution is -2.47. The summed E-state index contributed by atoms with van der Waals surface area (Å²) >= 11 is 0. The summed E-state index contributed by atoms with van der Waals surface area (Å²) in [5.74, 6) is -1.46. The van der Waals surface area contributed by atoms with Crippen LogP contribution in [0.1, 0.15) is 26.7 Å². The molecule has 0 aromatic rings. The molecule has 1 N–H and O–H groups in total. The minimum Gasteiger partial charge on any atom is -0.306 e. The molecule has 0 amide bonds. The van der Waals surface area contributed by atoms with E-state index in [1.165, 1.54) is 0 Å². The molecule has 0 radical (unpaired) electrons. The van der Waals surface area contributed by atoms with Crippen molar-refractivity contribution in [1.82, 2.24) is 5.43 Å². The third-order valence-corrected chi connectivity index (χ3v) is 3.11. The first-order valence-corrected chi connectivity index (χ1v) is 5.14. The molecular formula is C10H13F3N2O. The van der Waals surface area contributed by atoms with Crippen molar-refractivity contribution in [3.05, 3.63) is 0 Å². The molecule has 2 atom stereocenters. The molecule has 2 aliphatic rings. The second-order valence-electron chi connectivity index (χ2n) is 5.22. The number of alkyl halides is 3. The fourth-order valence-corrected chi connectivity index (χ4v) is 2.52. The number of hydrogen-bond acceptors (Lipinski definition) is 3. The number of Topliss-reactive ketones (excluding diaryl/α,β-unsaturated/α-hetero) is 1. The molecule has 1 saturated carbocycles. The zero-order valence-corrected chi connectivity index (χ0v) is 9.06. The highest BCUT2D eigenvalue weighted by Crippen LogP contribution is 2.41. The second kappa shape index (κ2) is 3.21. The Kier molecular flexibility index (Phi) is 2.29. The van der Waals surface area contributed by atoms with Gasteiger partial charge in [0.15, 0.2) is 5.71 Å². The van der Waals surface area contributed by atoms with Crippen LogP contribution in [0.25, 0.3) is 0 Å². The number of nitrogens with one attached hydrogen (secondary N) is 1. The molecule has 0 bridgehead atoms. The Hall–Kier alpha value is -1.07. The van der Waals surface area contributed by atoms with E-state index < -0.39 is 23.8 Å². The summed E-state index contributed by atoms with van der Waals surface area (Å²) in [4.78, 5) is 11.7. The molecule has 90 valence electrons. The Balaban J connectivity index is 2.25. The van der Waals surface area contributed by atoms with Crippen LogP contribution in [0.15, 0.2) is 5.10 Å². The fourth-order valence-electron chi connectivity index (χ4n) is 2.52. The molecule has 0 spiro atoms. The third-order valence-electron chi connectivity index (χ3n) is 3.11. The van der Waals surface area contributed by atoms with Crippen LogP contribution in [0.4, 0.5) is 13.2 Å². The molecule has 1 aliphatic heterocycles. The van der Waals surface area contributed by atoms with Gasteiger partial charge in [-0.05, 0) is 11.8 Å². The zero-order valence-electron chi connectivity index (χ0n) is 9.06. The predicted octanol–water partition coefficient (Wildman–Crippen LogP) is 1.88. The van der Waals surface area contributed by atoms with Gasteiger partial charge in [-0.1, -0.05) is 13.8 Å². The molecule has 3 nitrogen and oxygen atoms in total. The Morgan fingerprint density at radius 3 is 2.62 bits per heavy atom. The predicted molar refractivity (Wildman–Crippen MR) is 51.9 cm³/mol. The molecule has 0 saturated heterocycles. The SMILES string of the molecule is CC1(C)CC(=O)[C@H]2C(C(F)(F)F)=NN[C@H]2C1. The van der Waals surface area contributed by atoms with Crippen LogP contribution in [0.5, 0.6) is 0 Å². The summed E-state index contributed by atoms with van der Waals surface area (Å²) in [6, 6.07) is -0.493. The van der Waals surface area contributed by atoms with Crippen molar-refractivity contribution in [1.29, 1.82) is 0 Å². The quantitative estimate of drug-likeness (QED) is 0.695. The van der Waals surface area contributed by atoms with Crippen LogP contribution in [-0.4, -0.2) is 23.7 Å². The summed E-state index contributed by atoms with van der Waals surface area (Å²) < 4.78 is 37.7. The highest BCUT2D eigenvalue weighted by Gasteiger charge is 2.54. The molecule has 1 aliphatic carbocycles. The van der Waals surface area contributed by atoms with E-state index in [0.29, 0.717) is 6.42 Å². The van der Waals surface area contributed by atoms with Gasteiger partial charge in [0.25, 0.3) is 0 Å². The minimum absolute atomic E-state index is 0.185. The van der Waals surface area contributed by atoms with Crippen molar-refractivity contribution in [2.24, 2.45) is 16.4 Å². The standard InChI is InChI=1S/C10H13F3N2O/c1-9(2)3-5-7(6(16)4-9)8(15-14-5)10(11,12)13/h5,7,14H,3-4H2,1-2H3/t5-,7-/m0/s1. The lowest BCUT2D eigenvalue weighted by Gasteiger charge is -2.36. The largest absolute Gasteiger partial charge is 0.431 e. The van der Waals surface area contributed by atoms with Gasteiger partial charge >= 0.3 is 6.18 Å². The summed E-state index contributed by atoms with van der Waals surface area (Å²) in [5, 5.41) is 3.29. The van der Waals surface area contributed by atoms with Gasteiger partial charge in [0.2, 0.25) is 0 Å². The van der Waals surface area contributed by atoms with E-state index >= 15 is 0 Å². The third kappa shape index (κ3) is 1.81. The van der Waals surface area contributed by atoms with E-state index in [1.807, 2.05) is 13.8 Å². The van der Waals surface area contributed by atoms with Gasteiger partial charge in [0.05, 0.1) is 12.0 Å². The van der Waals surface area contributed by atoms with Gasteiger partial charge in [-0.3, -0.25) is 4.79 Å². The summed E-state index contributed by atoms with van der Waals surface area (Å²) in [5.41, 5.74) is 1.24. The molecule has 2 rings (SSSR count). The van der Waals surface area contributed by atoms with Gasteiger partial charge in [-0.2, -0.15) is 18.3 Å². The molecule has 0 unspecified atom stereocenters. The van der Waals surface area contributed by atoms with Crippen molar-refractivity contribution >= 4 is 11.5 Å². The van der Waals surface area contributed by atoms with Crippen molar-refractivity contribution in [2.75, 3.05) is 0 Å². The van der Waals surface area contributed by atoms with E-state index in [4.69, 9.17) is 0 Å². The molecule has 6 heteroatoms. The van der Waals surface area contributed by atoms with E-state index in [-0.39, 0.29) is 17.6 Å². The molecular weight excluding hydrogens is 221 g/mol. The first-order chi connectivity index (χ1) is 7.21. The number of ketones is 1. The number of hydrazone groups is 1. The lowest BCUT2D eigenvalue weighted by molar-refractivity contribution is -0.127. The highest BCUT2D eigenvalue weighted by atomic mass is 19.4. The monoisotopic (exact) mass is 234 g/mol. The second-order valence-corrected chi connectivity index (χ2v) is 5.22. The average Bonchev–Trinajstić information content (AvgIpc) is 2.43. The van der Waals surface area contributed by atoms with E-state index in [2.05, 4.69) is 10.5 Å². The summed E-state index contributed by atoms with van der Waals surface area (Å²) in [6.45, 7) is 3.77. The Morgan fingerprint density at radius 2 is 2.06 bits per heavy atom. The van der Waals surface area contributed by atoms with Crippen LogP contribution in [0.2, 0.25) is 0 Å². The maximum Gasteiger partial charge on any atom is 0.431 e. The number of carbonyl (C=O) groups is 1. The number of halogens is 3. The number of rotatable bonds is 0. The number of hydrogen-bond donors (Lipinski definition) is 1. The van der Waals surface area contributed by atoms with Crippen LogP contribution in [-0.2, 0) is 4.79 Å². The maximum absolute atomic E-state index is 12.6. The summed E-state index contributed by atoms with van der Waals surface area (Å²) in [6.07, 6.45) is -3.79. The maximum atomic E-state index is 12.6. The minimum atomic E-state index is -4.51. The normalized spacial score (nSPS) is 33.1. The van der Waals surface area contributed by atoms with Gasteiger partial charge in [-0.15, -0.1) is 0 Å². The van der Waals surface area contributed by atoms with Crippen LogP contribution >= 0.6 is 0 Å². The molecule has 0 aromatic heterocycles. The number of fused-ring (bicyclic) bond motifs is 1. The molecule has 16 heavy (non-hydrogen) atoms. The lowest BCUT2D eigenvalue weighted by atomic mass is 9.69. The van der Waals surface area contributed by atoms with Gasteiger partial charge in [-0.25, -0.2) is 0 Å². The number of carbonyl (C=O) groups excluding carboxylic acids is 1. The summed E-state index contributed by atoms with van der Waals surface area (Å²) in [7, 11) is 0. The Morgan fingerprint density at radius 1 is 1.44 bits per heavy atom.